The molecule has 0 bridgehead atoms. The van der Waals surface area contributed by atoms with Gasteiger partial charge in [0.1, 0.15) is 6.17 Å². The molecule has 108 valence electrons. The maximum Gasteiger partial charge on any atom is 0.238 e. The van der Waals surface area contributed by atoms with Gasteiger partial charge in [-0.15, -0.1) is 0 Å². The summed E-state index contributed by atoms with van der Waals surface area (Å²) in [5, 5.41) is 4.03. The van der Waals surface area contributed by atoms with Crippen LogP contribution < -0.4 is 5.32 Å². The minimum atomic E-state index is -0.0110. The molecule has 20 heavy (non-hydrogen) atoms. The molecule has 4 heteroatoms. The second-order valence-electron chi connectivity index (χ2n) is 5.89. The van der Waals surface area contributed by atoms with E-state index in [9.17, 15) is 4.79 Å². The zero-order chi connectivity index (χ0) is 13.9. The van der Waals surface area contributed by atoms with Crippen LogP contribution in [-0.4, -0.2) is 23.9 Å². The van der Waals surface area contributed by atoms with Gasteiger partial charge in [-0.1, -0.05) is 43.0 Å². The van der Waals surface area contributed by atoms with Gasteiger partial charge in [0.2, 0.25) is 5.91 Å². The number of benzene rings is 1. The Labute approximate surface area is 125 Å². The van der Waals surface area contributed by atoms with E-state index in [2.05, 4.69) is 5.32 Å². The van der Waals surface area contributed by atoms with Crippen LogP contribution in [0.25, 0.3) is 0 Å². The van der Waals surface area contributed by atoms with Gasteiger partial charge < -0.3 is 4.90 Å². The fraction of sp³-hybridized carbons (Fsp3) is 0.562. The maximum atomic E-state index is 12.1. The molecule has 1 saturated carbocycles. The minimum Gasteiger partial charge on any atom is -0.322 e. The summed E-state index contributed by atoms with van der Waals surface area (Å²) >= 11 is 6.07. The van der Waals surface area contributed by atoms with E-state index in [1.54, 1.807) is 0 Å². The van der Waals surface area contributed by atoms with Gasteiger partial charge in [-0.2, -0.15) is 0 Å². The Hall–Kier alpha value is -1.06. The van der Waals surface area contributed by atoms with Crippen LogP contribution >= 0.6 is 11.6 Å². The molecule has 3 nitrogen and oxygen atoms in total. The van der Waals surface area contributed by atoms with E-state index in [1.165, 1.54) is 32.1 Å². The largest absolute Gasteiger partial charge is 0.322 e. The average molecular weight is 293 g/mol. The molecule has 0 aromatic heterocycles. The SMILES string of the molecule is O=C1CNC(c2cccc(Cl)c2)N1CC1CCCCC1. The normalized spacial score (nSPS) is 24.4. The van der Waals surface area contributed by atoms with E-state index >= 15 is 0 Å². The minimum absolute atomic E-state index is 0.0110. The molecule has 3 rings (SSSR count). The van der Waals surface area contributed by atoms with Gasteiger partial charge in [-0.3, -0.25) is 10.1 Å². The van der Waals surface area contributed by atoms with Crippen molar-refractivity contribution in [1.29, 1.82) is 0 Å². The smallest absolute Gasteiger partial charge is 0.238 e. The van der Waals surface area contributed by atoms with Crippen molar-refractivity contribution in [2.24, 2.45) is 5.92 Å². The molecule has 2 aliphatic rings. The average Bonchev–Trinajstić information content (AvgIpc) is 2.82. The van der Waals surface area contributed by atoms with Crippen LogP contribution in [0.2, 0.25) is 5.02 Å². The van der Waals surface area contributed by atoms with Crippen LogP contribution in [0.15, 0.2) is 24.3 Å². The Morgan fingerprint density at radius 3 is 2.80 bits per heavy atom. The molecule has 1 saturated heterocycles. The summed E-state index contributed by atoms with van der Waals surface area (Å²) in [4.78, 5) is 14.1. The lowest BCUT2D eigenvalue weighted by Gasteiger charge is -2.31. The lowest BCUT2D eigenvalue weighted by molar-refractivity contribution is -0.128. The van der Waals surface area contributed by atoms with Crippen LogP contribution in [0.3, 0.4) is 0 Å². The second-order valence-corrected chi connectivity index (χ2v) is 6.33. The standard InChI is InChI=1S/C16H21ClN2O/c17-14-8-4-7-13(9-14)16-18-10-15(20)19(16)11-12-5-2-1-3-6-12/h4,7-9,12,16,18H,1-3,5-6,10-11H2. The summed E-state index contributed by atoms with van der Waals surface area (Å²) in [5.41, 5.74) is 1.08. The van der Waals surface area contributed by atoms with Crippen molar-refractivity contribution < 1.29 is 4.79 Å². The zero-order valence-electron chi connectivity index (χ0n) is 11.6. The van der Waals surface area contributed by atoms with E-state index in [-0.39, 0.29) is 12.1 Å². The summed E-state index contributed by atoms with van der Waals surface area (Å²) < 4.78 is 0. The van der Waals surface area contributed by atoms with E-state index in [0.29, 0.717) is 12.5 Å². The van der Waals surface area contributed by atoms with Gasteiger partial charge in [0.25, 0.3) is 0 Å². The van der Waals surface area contributed by atoms with Gasteiger partial charge in [-0.05, 0) is 36.5 Å². The zero-order valence-corrected chi connectivity index (χ0v) is 12.4. The third kappa shape index (κ3) is 2.99. The van der Waals surface area contributed by atoms with E-state index in [4.69, 9.17) is 11.6 Å². The van der Waals surface area contributed by atoms with Crippen molar-refractivity contribution in [3.63, 3.8) is 0 Å². The number of nitrogens with zero attached hydrogens (tertiary/aromatic N) is 1. The fourth-order valence-corrected chi connectivity index (χ4v) is 3.57. The third-order valence-electron chi connectivity index (χ3n) is 4.42. The highest BCUT2D eigenvalue weighted by atomic mass is 35.5. The molecule has 1 atom stereocenters. The predicted octanol–water partition coefficient (Wildman–Crippen LogP) is 3.35. The van der Waals surface area contributed by atoms with E-state index in [0.717, 1.165) is 17.1 Å². The molecule has 1 heterocycles. The lowest BCUT2D eigenvalue weighted by atomic mass is 9.89. The van der Waals surface area contributed by atoms with Crippen LogP contribution in [0, 0.1) is 5.92 Å². The van der Waals surface area contributed by atoms with Crippen LogP contribution in [-0.2, 0) is 4.79 Å². The molecule has 1 unspecified atom stereocenters. The fourth-order valence-electron chi connectivity index (χ4n) is 3.37. The Balaban J connectivity index is 1.74. The molecule has 1 aromatic carbocycles. The van der Waals surface area contributed by atoms with Crippen molar-refractivity contribution in [2.75, 3.05) is 13.1 Å². The van der Waals surface area contributed by atoms with Gasteiger partial charge >= 0.3 is 0 Å². The first-order valence-electron chi connectivity index (χ1n) is 7.52. The molecule has 1 aromatic rings. The van der Waals surface area contributed by atoms with Crippen LogP contribution in [0.4, 0.5) is 0 Å². The first-order chi connectivity index (χ1) is 9.74. The second kappa shape index (κ2) is 6.15. The first-order valence-corrected chi connectivity index (χ1v) is 7.90. The molecule has 1 amide bonds. The summed E-state index contributed by atoms with van der Waals surface area (Å²) in [7, 11) is 0. The van der Waals surface area contributed by atoms with Gasteiger partial charge in [0.15, 0.2) is 0 Å². The summed E-state index contributed by atoms with van der Waals surface area (Å²) in [6, 6.07) is 7.80. The maximum absolute atomic E-state index is 12.1. The Kier molecular flexibility index (Phi) is 4.27. The van der Waals surface area contributed by atoms with Crippen molar-refractivity contribution in [3.05, 3.63) is 34.9 Å². The number of rotatable bonds is 3. The van der Waals surface area contributed by atoms with Gasteiger partial charge in [0, 0.05) is 11.6 Å². The van der Waals surface area contributed by atoms with Crippen LogP contribution in [0.1, 0.15) is 43.8 Å². The number of carbonyl (C=O) groups excluding carboxylic acids is 1. The van der Waals surface area contributed by atoms with Crippen molar-refractivity contribution >= 4 is 17.5 Å². The number of carbonyl (C=O) groups is 1. The van der Waals surface area contributed by atoms with E-state index < -0.39 is 0 Å². The molecular weight excluding hydrogens is 272 g/mol. The molecule has 2 fully saturated rings. The Bertz CT molecular complexity index is 485. The van der Waals surface area contributed by atoms with E-state index in [1.807, 2.05) is 29.2 Å². The highest BCUT2D eigenvalue weighted by Crippen LogP contribution is 2.30. The predicted molar refractivity (Wildman–Crippen MR) is 80.5 cm³/mol. The Morgan fingerprint density at radius 1 is 1.25 bits per heavy atom. The van der Waals surface area contributed by atoms with Crippen molar-refractivity contribution in [3.8, 4) is 0 Å². The quantitative estimate of drug-likeness (QED) is 0.926. The van der Waals surface area contributed by atoms with Crippen molar-refractivity contribution in [2.45, 2.75) is 38.3 Å². The Morgan fingerprint density at radius 2 is 2.05 bits per heavy atom. The van der Waals surface area contributed by atoms with Crippen molar-refractivity contribution in [1.82, 2.24) is 10.2 Å². The monoisotopic (exact) mass is 292 g/mol. The number of nitrogens with one attached hydrogen (secondary N) is 1. The van der Waals surface area contributed by atoms with Gasteiger partial charge in [-0.25, -0.2) is 0 Å². The lowest BCUT2D eigenvalue weighted by Crippen LogP contribution is -2.35. The molecule has 1 aliphatic heterocycles. The highest BCUT2D eigenvalue weighted by molar-refractivity contribution is 6.30. The molecule has 0 radical (unpaired) electrons. The summed E-state index contributed by atoms with van der Waals surface area (Å²) in [6.07, 6.45) is 6.46. The molecule has 0 spiro atoms. The molecule has 1 aliphatic carbocycles. The molecule has 1 N–H and O–H groups in total. The summed E-state index contributed by atoms with van der Waals surface area (Å²) in [6.45, 7) is 1.31. The van der Waals surface area contributed by atoms with Gasteiger partial charge in [0.05, 0.1) is 6.54 Å². The third-order valence-corrected chi connectivity index (χ3v) is 4.66. The highest BCUT2D eigenvalue weighted by Gasteiger charge is 2.33. The first kappa shape index (κ1) is 13.9. The number of hydrogen-bond acceptors (Lipinski definition) is 2. The number of halogens is 1. The topological polar surface area (TPSA) is 32.3 Å². The van der Waals surface area contributed by atoms with Crippen LogP contribution in [0.5, 0.6) is 0 Å². The number of hydrogen-bond donors (Lipinski definition) is 1. The summed E-state index contributed by atoms with van der Waals surface area (Å²) in [5.74, 6) is 0.870. The number of amides is 1. The molecular formula is C16H21ClN2O.